The SMILES string of the molecule is CCCN(c1ncc(Br)cc1Br)C1CNC1. The minimum atomic E-state index is 0.588. The fraction of sp³-hybridized carbons (Fsp3) is 0.545. The Morgan fingerprint density at radius 2 is 2.25 bits per heavy atom. The van der Waals surface area contributed by atoms with Crippen LogP contribution in [0.25, 0.3) is 0 Å². The van der Waals surface area contributed by atoms with Crippen molar-refractivity contribution in [1.82, 2.24) is 10.3 Å². The van der Waals surface area contributed by atoms with Crippen LogP contribution in [0.3, 0.4) is 0 Å². The zero-order valence-electron chi connectivity index (χ0n) is 9.21. The van der Waals surface area contributed by atoms with Crippen LogP contribution in [0.2, 0.25) is 0 Å². The lowest BCUT2D eigenvalue weighted by atomic mass is 10.1. The number of nitrogens with zero attached hydrogens (tertiary/aromatic N) is 2. The molecule has 0 unspecified atom stereocenters. The van der Waals surface area contributed by atoms with Gasteiger partial charge in [0, 0.05) is 30.3 Å². The van der Waals surface area contributed by atoms with E-state index in [1.165, 1.54) is 0 Å². The Morgan fingerprint density at radius 3 is 2.75 bits per heavy atom. The van der Waals surface area contributed by atoms with E-state index in [0.717, 1.165) is 40.8 Å². The Balaban J connectivity index is 2.23. The molecule has 0 spiro atoms. The first-order chi connectivity index (χ1) is 7.72. The van der Waals surface area contributed by atoms with E-state index in [-0.39, 0.29) is 0 Å². The summed E-state index contributed by atoms with van der Waals surface area (Å²) in [6.45, 7) is 5.37. The Kier molecular flexibility index (Phi) is 4.21. The third-order valence-corrected chi connectivity index (χ3v) is 3.74. The van der Waals surface area contributed by atoms with Crippen molar-refractivity contribution in [1.29, 1.82) is 0 Å². The van der Waals surface area contributed by atoms with Crippen LogP contribution in [0.4, 0.5) is 5.82 Å². The molecule has 1 aliphatic heterocycles. The van der Waals surface area contributed by atoms with Gasteiger partial charge in [-0.05, 0) is 44.3 Å². The van der Waals surface area contributed by atoms with Crippen LogP contribution in [0.5, 0.6) is 0 Å². The zero-order valence-corrected chi connectivity index (χ0v) is 12.4. The molecular formula is C11H15Br2N3. The summed E-state index contributed by atoms with van der Waals surface area (Å²) in [4.78, 5) is 6.89. The van der Waals surface area contributed by atoms with Crippen molar-refractivity contribution in [2.75, 3.05) is 24.5 Å². The van der Waals surface area contributed by atoms with Gasteiger partial charge in [-0.15, -0.1) is 0 Å². The molecule has 0 aromatic carbocycles. The summed E-state index contributed by atoms with van der Waals surface area (Å²) in [6, 6.07) is 2.64. The topological polar surface area (TPSA) is 28.2 Å². The van der Waals surface area contributed by atoms with E-state index in [0.29, 0.717) is 6.04 Å². The molecule has 1 saturated heterocycles. The molecule has 1 aliphatic rings. The Hall–Kier alpha value is -0.130. The lowest BCUT2D eigenvalue weighted by molar-refractivity contribution is 0.410. The van der Waals surface area contributed by atoms with Crippen molar-refractivity contribution in [2.45, 2.75) is 19.4 Å². The highest BCUT2D eigenvalue weighted by Crippen LogP contribution is 2.28. The molecule has 16 heavy (non-hydrogen) atoms. The van der Waals surface area contributed by atoms with Gasteiger partial charge >= 0.3 is 0 Å². The third kappa shape index (κ3) is 2.57. The standard InChI is InChI=1S/C11H15Br2N3/c1-2-3-16(9-6-14-7-9)11-10(13)4-8(12)5-15-11/h4-5,9,14H,2-3,6-7H2,1H3. The van der Waals surface area contributed by atoms with Gasteiger partial charge in [-0.1, -0.05) is 6.92 Å². The van der Waals surface area contributed by atoms with Gasteiger partial charge in [0.1, 0.15) is 5.82 Å². The largest absolute Gasteiger partial charge is 0.350 e. The van der Waals surface area contributed by atoms with E-state index in [1.54, 1.807) is 0 Å². The molecule has 1 aromatic heterocycles. The smallest absolute Gasteiger partial charge is 0.143 e. The van der Waals surface area contributed by atoms with Crippen molar-refractivity contribution >= 4 is 37.7 Å². The Labute approximate surface area is 113 Å². The van der Waals surface area contributed by atoms with E-state index in [1.807, 2.05) is 6.20 Å². The monoisotopic (exact) mass is 347 g/mol. The van der Waals surface area contributed by atoms with E-state index in [2.05, 4.69) is 60.1 Å². The van der Waals surface area contributed by atoms with Crippen LogP contribution in [0, 0.1) is 0 Å². The highest BCUT2D eigenvalue weighted by molar-refractivity contribution is 9.11. The van der Waals surface area contributed by atoms with Crippen molar-refractivity contribution in [3.8, 4) is 0 Å². The number of nitrogens with one attached hydrogen (secondary N) is 1. The summed E-state index contributed by atoms with van der Waals surface area (Å²) in [5, 5.41) is 3.31. The molecule has 2 rings (SSSR count). The first-order valence-electron chi connectivity index (χ1n) is 5.50. The van der Waals surface area contributed by atoms with Gasteiger partial charge in [0.15, 0.2) is 0 Å². The van der Waals surface area contributed by atoms with E-state index in [4.69, 9.17) is 0 Å². The molecule has 1 N–H and O–H groups in total. The van der Waals surface area contributed by atoms with Crippen LogP contribution < -0.4 is 10.2 Å². The maximum absolute atomic E-state index is 4.50. The number of pyridine rings is 1. The van der Waals surface area contributed by atoms with Gasteiger partial charge in [0.05, 0.1) is 10.5 Å². The summed E-state index contributed by atoms with van der Waals surface area (Å²) >= 11 is 7.01. The van der Waals surface area contributed by atoms with E-state index < -0.39 is 0 Å². The minimum absolute atomic E-state index is 0.588. The van der Waals surface area contributed by atoms with E-state index in [9.17, 15) is 0 Å². The molecular weight excluding hydrogens is 334 g/mol. The first-order valence-corrected chi connectivity index (χ1v) is 7.09. The molecule has 2 heterocycles. The number of hydrogen-bond acceptors (Lipinski definition) is 3. The summed E-state index contributed by atoms with van der Waals surface area (Å²) in [5.41, 5.74) is 0. The van der Waals surface area contributed by atoms with Crippen LogP contribution in [-0.4, -0.2) is 30.7 Å². The highest BCUT2D eigenvalue weighted by Gasteiger charge is 2.26. The van der Waals surface area contributed by atoms with Crippen molar-refractivity contribution in [3.05, 3.63) is 21.2 Å². The van der Waals surface area contributed by atoms with Crippen molar-refractivity contribution in [3.63, 3.8) is 0 Å². The first kappa shape index (κ1) is 12.3. The minimum Gasteiger partial charge on any atom is -0.350 e. The quantitative estimate of drug-likeness (QED) is 0.906. The third-order valence-electron chi connectivity index (χ3n) is 2.73. The molecule has 0 saturated carbocycles. The van der Waals surface area contributed by atoms with Crippen LogP contribution in [-0.2, 0) is 0 Å². The molecule has 5 heteroatoms. The number of halogens is 2. The average Bonchev–Trinajstić information content (AvgIpc) is 2.14. The number of aromatic nitrogens is 1. The molecule has 0 aliphatic carbocycles. The lowest BCUT2D eigenvalue weighted by Crippen LogP contribution is -2.57. The predicted octanol–water partition coefficient (Wildman–Crippen LogP) is 2.79. The fourth-order valence-corrected chi connectivity index (χ4v) is 3.03. The summed E-state index contributed by atoms with van der Waals surface area (Å²) in [6.07, 6.45) is 3.00. The summed E-state index contributed by atoms with van der Waals surface area (Å²) in [7, 11) is 0. The van der Waals surface area contributed by atoms with Crippen LogP contribution in [0.15, 0.2) is 21.2 Å². The zero-order chi connectivity index (χ0) is 11.5. The molecule has 3 nitrogen and oxygen atoms in total. The van der Waals surface area contributed by atoms with E-state index >= 15 is 0 Å². The molecule has 1 aromatic rings. The van der Waals surface area contributed by atoms with Crippen LogP contribution >= 0.6 is 31.9 Å². The molecule has 0 radical (unpaired) electrons. The average molecular weight is 349 g/mol. The predicted molar refractivity (Wildman–Crippen MR) is 73.9 cm³/mol. The maximum Gasteiger partial charge on any atom is 0.143 e. The number of hydrogen-bond donors (Lipinski definition) is 1. The van der Waals surface area contributed by atoms with Crippen LogP contribution in [0.1, 0.15) is 13.3 Å². The molecule has 1 fully saturated rings. The van der Waals surface area contributed by atoms with Gasteiger partial charge in [-0.2, -0.15) is 0 Å². The highest BCUT2D eigenvalue weighted by atomic mass is 79.9. The molecule has 0 bridgehead atoms. The maximum atomic E-state index is 4.50. The Bertz CT molecular complexity index is 366. The van der Waals surface area contributed by atoms with Gasteiger partial charge in [-0.25, -0.2) is 4.98 Å². The summed E-state index contributed by atoms with van der Waals surface area (Å²) in [5.74, 6) is 1.05. The van der Waals surface area contributed by atoms with Gasteiger partial charge < -0.3 is 10.2 Å². The molecule has 0 atom stereocenters. The number of rotatable bonds is 4. The molecule has 0 amide bonds. The number of anilines is 1. The molecule has 88 valence electrons. The van der Waals surface area contributed by atoms with Gasteiger partial charge in [0.2, 0.25) is 0 Å². The van der Waals surface area contributed by atoms with Crippen molar-refractivity contribution < 1.29 is 0 Å². The second-order valence-electron chi connectivity index (χ2n) is 3.96. The van der Waals surface area contributed by atoms with Gasteiger partial charge in [-0.3, -0.25) is 0 Å². The lowest BCUT2D eigenvalue weighted by Gasteiger charge is -2.39. The normalized spacial score (nSPS) is 15.9. The summed E-state index contributed by atoms with van der Waals surface area (Å²) < 4.78 is 2.06. The second kappa shape index (κ2) is 5.47. The van der Waals surface area contributed by atoms with Gasteiger partial charge in [0.25, 0.3) is 0 Å². The fourth-order valence-electron chi connectivity index (χ4n) is 1.81. The Morgan fingerprint density at radius 1 is 1.50 bits per heavy atom. The van der Waals surface area contributed by atoms with Crippen molar-refractivity contribution in [2.24, 2.45) is 0 Å². The second-order valence-corrected chi connectivity index (χ2v) is 5.73.